The number of carboxylic acid groups (broad SMARTS) is 1. The number of carbonyl (C=O) groups excluding carboxylic acids is 2. The number of imide groups is 1. The van der Waals surface area contributed by atoms with Crippen molar-refractivity contribution in [2.45, 2.75) is 37.9 Å². The van der Waals surface area contributed by atoms with Crippen LogP contribution in [0, 0.1) is 30.6 Å². The molecule has 6 nitrogen and oxygen atoms in total. The van der Waals surface area contributed by atoms with E-state index in [0.29, 0.717) is 17.6 Å². The number of fused-ring (bicyclic) bond motifs is 8. The summed E-state index contributed by atoms with van der Waals surface area (Å²) < 4.78 is 0. The van der Waals surface area contributed by atoms with E-state index in [1.54, 1.807) is 12.1 Å². The Balaban J connectivity index is 1.30. The Morgan fingerprint density at radius 2 is 1.55 bits per heavy atom. The minimum absolute atomic E-state index is 0.170. The van der Waals surface area contributed by atoms with E-state index in [1.165, 1.54) is 16.2 Å². The first-order valence-corrected chi connectivity index (χ1v) is 11.0. The van der Waals surface area contributed by atoms with Gasteiger partial charge in [-0.3, -0.25) is 19.3 Å². The third-order valence-electron chi connectivity index (χ3n) is 7.87. The monoisotopic (exact) mass is 416 g/mol. The molecule has 7 unspecified atom stereocenters. The lowest BCUT2D eigenvalue weighted by atomic mass is 9.81. The first kappa shape index (κ1) is 18.6. The van der Waals surface area contributed by atoms with E-state index < -0.39 is 12.0 Å². The van der Waals surface area contributed by atoms with Gasteiger partial charge in [-0.25, -0.2) is 0 Å². The zero-order chi connectivity index (χ0) is 21.4. The summed E-state index contributed by atoms with van der Waals surface area (Å²) in [6.45, 7) is 2.06. The first-order chi connectivity index (χ1) is 15.0. The molecule has 2 amide bonds. The SMILES string of the molecule is Cc1ccc(N2C3C4CC(C5C(=O)N(C(CC(=O)O)c6ccccc6)C(=O)C45)C32)cc1. The fraction of sp³-hybridized carbons (Fsp3) is 0.400. The van der Waals surface area contributed by atoms with Crippen molar-refractivity contribution in [2.75, 3.05) is 4.90 Å². The molecule has 2 aromatic carbocycles. The van der Waals surface area contributed by atoms with Crippen LogP contribution in [0.2, 0.25) is 0 Å². The number of carbonyl (C=O) groups is 3. The Bertz CT molecular complexity index is 1050. The van der Waals surface area contributed by atoms with E-state index in [-0.39, 0.29) is 41.9 Å². The molecule has 2 bridgehead atoms. The largest absolute Gasteiger partial charge is 0.481 e. The zero-order valence-electron chi connectivity index (χ0n) is 17.2. The Morgan fingerprint density at radius 1 is 0.968 bits per heavy atom. The van der Waals surface area contributed by atoms with Gasteiger partial charge in [0.15, 0.2) is 0 Å². The molecule has 4 aliphatic rings. The Labute approximate surface area is 180 Å². The second kappa shape index (κ2) is 6.42. The van der Waals surface area contributed by atoms with Crippen molar-refractivity contribution in [2.24, 2.45) is 23.7 Å². The number of carboxylic acids is 1. The van der Waals surface area contributed by atoms with Gasteiger partial charge in [-0.15, -0.1) is 0 Å². The number of aryl methyl sites for hydroxylation is 1. The summed E-state index contributed by atoms with van der Waals surface area (Å²) in [5.41, 5.74) is 3.08. The summed E-state index contributed by atoms with van der Waals surface area (Å²) in [6.07, 6.45) is 0.659. The van der Waals surface area contributed by atoms with Crippen LogP contribution < -0.4 is 4.90 Å². The van der Waals surface area contributed by atoms with Crippen molar-refractivity contribution >= 4 is 23.5 Å². The summed E-state index contributed by atoms with van der Waals surface area (Å²) in [5.74, 6) is -1.64. The molecule has 6 rings (SSSR count). The Morgan fingerprint density at radius 3 is 2.10 bits per heavy atom. The number of benzene rings is 2. The van der Waals surface area contributed by atoms with Crippen LogP contribution in [-0.2, 0) is 14.4 Å². The van der Waals surface area contributed by atoms with Gasteiger partial charge in [0.05, 0.1) is 36.4 Å². The number of nitrogens with zero attached hydrogens (tertiary/aromatic N) is 2. The average molecular weight is 416 g/mol. The van der Waals surface area contributed by atoms with Gasteiger partial charge in [0.1, 0.15) is 0 Å². The second-order valence-corrected chi connectivity index (χ2v) is 9.41. The molecule has 0 aromatic heterocycles. The van der Waals surface area contributed by atoms with E-state index in [1.807, 2.05) is 18.2 Å². The lowest BCUT2D eigenvalue weighted by molar-refractivity contribution is -0.146. The summed E-state index contributed by atoms with van der Waals surface area (Å²) in [7, 11) is 0. The molecule has 2 saturated heterocycles. The van der Waals surface area contributed by atoms with Crippen molar-refractivity contribution < 1.29 is 19.5 Å². The van der Waals surface area contributed by atoms with Gasteiger partial charge in [0.25, 0.3) is 0 Å². The summed E-state index contributed by atoms with van der Waals surface area (Å²) >= 11 is 0. The van der Waals surface area contributed by atoms with Crippen molar-refractivity contribution in [1.29, 1.82) is 0 Å². The highest BCUT2D eigenvalue weighted by molar-refractivity contribution is 6.07. The summed E-state index contributed by atoms with van der Waals surface area (Å²) in [6, 6.07) is 17.4. The van der Waals surface area contributed by atoms with E-state index in [4.69, 9.17) is 0 Å². The molecule has 7 atom stereocenters. The Kier molecular flexibility index (Phi) is 3.86. The minimum atomic E-state index is -1.01. The van der Waals surface area contributed by atoms with Crippen molar-refractivity contribution in [3.63, 3.8) is 0 Å². The van der Waals surface area contributed by atoms with Crippen LogP contribution in [0.15, 0.2) is 54.6 Å². The van der Waals surface area contributed by atoms with Crippen molar-refractivity contribution in [3.8, 4) is 0 Å². The molecule has 6 heteroatoms. The normalized spacial score (nSPS) is 33.5. The number of amides is 2. The molecule has 2 heterocycles. The maximum atomic E-state index is 13.5. The molecule has 2 aliphatic heterocycles. The number of aliphatic carboxylic acids is 1. The number of hydrogen-bond donors (Lipinski definition) is 1. The standard InChI is InChI=1S/C25H24N2O4/c1-13-7-9-15(10-8-13)26-22-16-11-17(23(22)26)21-20(16)24(30)27(25(21)31)18(12-19(28)29)14-5-3-2-4-6-14/h2-10,16-18,20-23H,11-12H2,1H3,(H,28,29). The number of rotatable bonds is 5. The van der Waals surface area contributed by atoms with E-state index >= 15 is 0 Å². The molecular weight excluding hydrogens is 392 g/mol. The molecule has 1 N–H and O–H groups in total. The quantitative estimate of drug-likeness (QED) is 0.599. The van der Waals surface area contributed by atoms with Crippen molar-refractivity contribution in [3.05, 3.63) is 65.7 Å². The third-order valence-corrected chi connectivity index (χ3v) is 7.87. The number of piperidine rings is 1. The molecule has 31 heavy (non-hydrogen) atoms. The average Bonchev–Trinajstić information content (AvgIpc) is 3.09. The molecule has 0 radical (unpaired) electrons. The van der Waals surface area contributed by atoms with Gasteiger partial charge in [-0.1, -0.05) is 48.0 Å². The molecule has 2 aromatic rings. The Hall–Kier alpha value is -3.15. The van der Waals surface area contributed by atoms with Gasteiger partial charge in [0.2, 0.25) is 11.8 Å². The lowest BCUT2D eigenvalue weighted by Gasteiger charge is -2.28. The maximum Gasteiger partial charge on any atom is 0.305 e. The topological polar surface area (TPSA) is 77.7 Å². The van der Waals surface area contributed by atoms with Crippen LogP contribution in [0.3, 0.4) is 0 Å². The molecule has 2 saturated carbocycles. The van der Waals surface area contributed by atoms with Gasteiger partial charge >= 0.3 is 5.97 Å². The first-order valence-electron chi connectivity index (χ1n) is 11.0. The van der Waals surface area contributed by atoms with E-state index in [9.17, 15) is 19.5 Å². The minimum Gasteiger partial charge on any atom is -0.481 e. The van der Waals surface area contributed by atoms with Crippen LogP contribution in [0.1, 0.15) is 30.0 Å². The van der Waals surface area contributed by atoms with Crippen LogP contribution >= 0.6 is 0 Å². The lowest BCUT2D eigenvalue weighted by Crippen LogP contribution is -2.38. The third kappa shape index (κ3) is 2.54. The fourth-order valence-corrected chi connectivity index (χ4v) is 6.70. The predicted octanol–water partition coefficient (Wildman–Crippen LogP) is 3.02. The second-order valence-electron chi connectivity index (χ2n) is 9.41. The zero-order valence-corrected chi connectivity index (χ0v) is 17.2. The molecular formula is C25H24N2O4. The van der Waals surface area contributed by atoms with Crippen LogP contribution in [0.25, 0.3) is 0 Å². The number of likely N-dealkylation sites (tertiary alicyclic amines) is 1. The molecule has 0 spiro atoms. The summed E-state index contributed by atoms with van der Waals surface area (Å²) in [5, 5.41) is 9.47. The van der Waals surface area contributed by atoms with Crippen LogP contribution in [-0.4, -0.2) is 39.9 Å². The highest BCUT2D eigenvalue weighted by Crippen LogP contribution is 2.66. The van der Waals surface area contributed by atoms with Gasteiger partial charge < -0.3 is 10.0 Å². The molecule has 158 valence electrons. The fourth-order valence-electron chi connectivity index (χ4n) is 6.70. The van der Waals surface area contributed by atoms with Gasteiger partial charge in [0, 0.05) is 5.69 Å². The maximum absolute atomic E-state index is 13.5. The van der Waals surface area contributed by atoms with E-state index in [0.717, 1.165) is 6.42 Å². The number of hydrogen-bond acceptors (Lipinski definition) is 4. The highest BCUT2D eigenvalue weighted by Gasteiger charge is 2.76. The summed E-state index contributed by atoms with van der Waals surface area (Å²) in [4.78, 5) is 42.3. The van der Waals surface area contributed by atoms with Gasteiger partial charge in [-0.2, -0.15) is 0 Å². The molecule has 4 fully saturated rings. The predicted molar refractivity (Wildman–Crippen MR) is 113 cm³/mol. The van der Waals surface area contributed by atoms with Crippen LogP contribution in [0.5, 0.6) is 0 Å². The smallest absolute Gasteiger partial charge is 0.305 e. The van der Waals surface area contributed by atoms with Crippen LogP contribution in [0.4, 0.5) is 5.69 Å². The highest BCUT2D eigenvalue weighted by atomic mass is 16.4. The van der Waals surface area contributed by atoms with Crippen molar-refractivity contribution in [1.82, 2.24) is 4.90 Å². The number of anilines is 1. The molecule has 2 aliphatic carbocycles. The van der Waals surface area contributed by atoms with Gasteiger partial charge in [-0.05, 0) is 42.9 Å². The van der Waals surface area contributed by atoms with E-state index in [2.05, 4.69) is 36.1 Å².